The minimum Gasteiger partial charge on any atom is -0.352 e. The molecule has 1 aliphatic rings. The summed E-state index contributed by atoms with van der Waals surface area (Å²) >= 11 is 3.47. The molecule has 1 aliphatic carbocycles. The Morgan fingerprint density at radius 3 is 2.32 bits per heavy atom. The van der Waals surface area contributed by atoms with Gasteiger partial charge in [-0.05, 0) is 42.5 Å². The minimum atomic E-state index is -0.521. The number of benzene rings is 2. The van der Waals surface area contributed by atoms with E-state index in [2.05, 4.69) is 21.2 Å². The van der Waals surface area contributed by atoms with E-state index in [1.54, 1.807) is 4.90 Å². The molecule has 2 aromatic carbocycles. The lowest BCUT2D eigenvalue weighted by molar-refractivity contribution is -0.141. The van der Waals surface area contributed by atoms with Crippen LogP contribution in [0.2, 0.25) is 0 Å². The first kappa shape index (κ1) is 23.5. The lowest BCUT2D eigenvalue weighted by atomic mass is 9.94. The molecular formula is C26H33BrN2O2. The molecule has 0 aromatic heterocycles. The summed E-state index contributed by atoms with van der Waals surface area (Å²) in [6, 6.07) is 17.7. The predicted octanol–water partition coefficient (Wildman–Crippen LogP) is 5.64. The van der Waals surface area contributed by atoms with E-state index in [-0.39, 0.29) is 17.9 Å². The molecule has 2 aromatic rings. The van der Waals surface area contributed by atoms with Crippen LogP contribution in [0.1, 0.15) is 63.0 Å². The summed E-state index contributed by atoms with van der Waals surface area (Å²) in [5, 5.41) is 3.27. The van der Waals surface area contributed by atoms with Gasteiger partial charge in [0.05, 0.1) is 0 Å². The van der Waals surface area contributed by atoms with Crippen molar-refractivity contribution in [2.75, 3.05) is 0 Å². The number of carbonyl (C=O) groups excluding carboxylic acids is 2. The third-order valence-corrected chi connectivity index (χ3v) is 6.48. The molecule has 0 aliphatic heterocycles. The van der Waals surface area contributed by atoms with Gasteiger partial charge in [-0.1, -0.05) is 84.6 Å². The predicted molar refractivity (Wildman–Crippen MR) is 129 cm³/mol. The van der Waals surface area contributed by atoms with Crippen LogP contribution >= 0.6 is 15.9 Å². The topological polar surface area (TPSA) is 49.4 Å². The molecular weight excluding hydrogens is 452 g/mol. The van der Waals surface area contributed by atoms with Crippen molar-refractivity contribution in [2.24, 2.45) is 0 Å². The molecule has 0 radical (unpaired) electrons. The van der Waals surface area contributed by atoms with Crippen LogP contribution in [0.5, 0.6) is 0 Å². The van der Waals surface area contributed by atoms with Gasteiger partial charge in [0.15, 0.2) is 0 Å². The van der Waals surface area contributed by atoms with Gasteiger partial charge in [-0.25, -0.2) is 0 Å². The van der Waals surface area contributed by atoms with Crippen LogP contribution in [0, 0.1) is 0 Å². The van der Waals surface area contributed by atoms with Gasteiger partial charge in [0.25, 0.3) is 0 Å². The largest absolute Gasteiger partial charge is 0.352 e. The number of nitrogens with zero attached hydrogens (tertiary/aromatic N) is 1. The van der Waals surface area contributed by atoms with Gasteiger partial charge in [-0.3, -0.25) is 9.59 Å². The number of rotatable bonds is 9. The second-order valence-electron chi connectivity index (χ2n) is 8.45. The van der Waals surface area contributed by atoms with Crippen LogP contribution in [-0.2, 0) is 22.6 Å². The van der Waals surface area contributed by atoms with Crippen molar-refractivity contribution in [3.8, 4) is 0 Å². The number of nitrogens with one attached hydrogen (secondary N) is 1. The van der Waals surface area contributed by atoms with E-state index < -0.39 is 6.04 Å². The molecule has 1 atom stereocenters. The molecule has 1 unspecified atom stereocenters. The van der Waals surface area contributed by atoms with Crippen LogP contribution in [-0.4, -0.2) is 28.8 Å². The van der Waals surface area contributed by atoms with Gasteiger partial charge < -0.3 is 10.2 Å². The van der Waals surface area contributed by atoms with E-state index in [0.29, 0.717) is 19.4 Å². The molecule has 1 saturated carbocycles. The average molecular weight is 485 g/mol. The van der Waals surface area contributed by atoms with Crippen molar-refractivity contribution < 1.29 is 9.59 Å². The zero-order valence-corrected chi connectivity index (χ0v) is 19.9. The number of hydrogen-bond acceptors (Lipinski definition) is 2. The van der Waals surface area contributed by atoms with Crippen molar-refractivity contribution in [1.82, 2.24) is 10.2 Å². The molecule has 0 saturated heterocycles. The maximum atomic E-state index is 13.5. The first-order chi connectivity index (χ1) is 15.1. The highest BCUT2D eigenvalue weighted by Crippen LogP contribution is 2.21. The zero-order chi connectivity index (χ0) is 22.1. The number of amides is 2. The third-order valence-electron chi connectivity index (χ3n) is 5.95. The fourth-order valence-electron chi connectivity index (χ4n) is 4.24. The highest BCUT2D eigenvalue weighted by molar-refractivity contribution is 9.10. The summed E-state index contributed by atoms with van der Waals surface area (Å²) < 4.78 is 0.999. The lowest BCUT2D eigenvalue weighted by Crippen LogP contribution is -2.52. The Kier molecular flexibility index (Phi) is 9.13. The van der Waals surface area contributed by atoms with Crippen LogP contribution in [0.4, 0.5) is 0 Å². The second-order valence-corrected chi connectivity index (χ2v) is 9.36. The van der Waals surface area contributed by atoms with E-state index in [9.17, 15) is 9.59 Å². The van der Waals surface area contributed by atoms with Gasteiger partial charge >= 0.3 is 0 Å². The Balaban J connectivity index is 1.87. The van der Waals surface area contributed by atoms with E-state index in [1.165, 1.54) is 6.42 Å². The van der Waals surface area contributed by atoms with E-state index in [4.69, 9.17) is 0 Å². The van der Waals surface area contributed by atoms with Crippen molar-refractivity contribution in [3.63, 3.8) is 0 Å². The molecule has 0 spiro atoms. The molecule has 4 nitrogen and oxygen atoms in total. The third kappa shape index (κ3) is 7.20. The molecule has 166 valence electrons. The van der Waals surface area contributed by atoms with Crippen molar-refractivity contribution >= 4 is 27.7 Å². The van der Waals surface area contributed by atoms with Gasteiger partial charge in [-0.15, -0.1) is 0 Å². The molecule has 5 heteroatoms. The first-order valence-electron chi connectivity index (χ1n) is 11.4. The quantitative estimate of drug-likeness (QED) is 0.500. The van der Waals surface area contributed by atoms with Crippen LogP contribution in [0.25, 0.3) is 0 Å². The Morgan fingerprint density at radius 1 is 1.00 bits per heavy atom. The normalized spacial score (nSPS) is 15.3. The maximum Gasteiger partial charge on any atom is 0.243 e. The van der Waals surface area contributed by atoms with Gasteiger partial charge in [0, 0.05) is 29.9 Å². The first-order valence-corrected chi connectivity index (χ1v) is 12.2. The molecule has 1 fully saturated rings. The molecule has 31 heavy (non-hydrogen) atoms. The Morgan fingerprint density at radius 2 is 1.68 bits per heavy atom. The Labute approximate surface area is 194 Å². The number of halogens is 1. The van der Waals surface area contributed by atoms with E-state index >= 15 is 0 Å². The van der Waals surface area contributed by atoms with Gasteiger partial charge in [-0.2, -0.15) is 0 Å². The Hall–Kier alpha value is -2.14. The average Bonchev–Trinajstić information content (AvgIpc) is 2.79. The minimum absolute atomic E-state index is 0.0303. The summed E-state index contributed by atoms with van der Waals surface area (Å²) in [5.74, 6) is 0.00228. The number of carbonyl (C=O) groups is 2. The molecule has 1 N–H and O–H groups in total. The van der Waals surface area contributed by atoms with Crippen LogP contribution < -0.4 is 5.32 Å². The number of hydrogen-bond donors (Lipinski definition) is 1. The summed E-state index contributed by atoms with van der Waals surface area (Å²) in [5.41, 5.74) is 2.09. The summed E-state index contributed by atoms with van der Waals surface area (Å²) in [7, 11) is 0. The Bertz CT molecular complexity index is 832. The fourth-order valence-corrected chi connectivity index (χ4v) is 4.51. The van der Waals surface area contributed by atoms with E-state index in [0.717, 1.165) is 47.7 Å². The zero-order valence-electron chi connectivity index (χ0n) is 18.4. The summed E-state index contributed by atoms with van der Waals surface area (Å²) in [6.07, 6.45) is 7.34. The van der Waals surface area contributed by atoms with Crippen molar-refractivity contribution in [3.05, 3.63) is 70.2 Å². The monoisotopic (exact) mass is 484 g/mol. The fraction of sp³-hybridized carbons (Fsp3) is 0.462. The molecule has 0 bridgehead atoms. The van der Waals surface area contributed by atoms with E-state index in [1.807, 2.05) is 61.5 Å². The summed E-state index contributed by atoms with van der Waals surface area (Å²) in [4.78, 5) is 28.5. The smallest absolute Gasteiger partial charge is 0.243 e. The second kappa shape index (κ2) is 12.0. The van der Waals surface area contributed by atoms with Gasteiger partial charge in [0.1, 0.15) is 6.04 Å². The SMILES string of the molecule is CCCC(=O)N(Cc1ccc(Br)cc1)C(Cc1ccccc1)C(=O)NC1CCCCC1. The summed E-state index contributed by atoms with van der Waals surface area (Å²) in [6.45, 7) is 2.44. The maximum absolute atomic E-state index is 13.5. The van der Waals surface area contributed by atoms with Crippen LogP contribution in [0.3, 0.4) is 0 Å². The van der Waals surface area contributed by atoms with Crippen molar-refractivity contribution in [1.29, 1.82) is 0 Å². The standard InChI is InChI=1S/C26H33BrN2O2/c1-2-9-25(30)29(19-21-14-16-22(27)17-15-21)24(18-20-10-5-3-6-11-20)26(31)28-23-12-7-4-8-13-23/h3,5-6,10-11,14-17,23-24H,2,4,7-9,12-13,18-19H2,1H3,(H,28,31). The van der Waals surface area contributed by atoms with Gasteiger partial charge in [0.2, 0.25) is 11.8 Å². The van der Waals surface area contributed by atoms with Crippen LogP contribution in [0.15, 0.2) is 59.1 Å². The highest BCUT2D eigenvalue weighted by Gasteiger charge is 2.31. The lowest BCUT2D eigenvalue weighted by Gasteiger charge is -2.33. The van der Waals surface area contributed by atoms with Crippen molar-refractivity contribution in [2.45, 2.75) is 76.9 Å². The highest BCUT2D eigenvalue weighted by atomic mass is 79.9. The molecule has 3 rings (SSSR count). The molecule has 2 amide bonds. The molecule has 0 heterocycles.